The van der Waals surface area contributed by atoms with Crippen LogP contribution < -0.4 is 0 Å². The number of carbonyl (C=O) groups excluding carboxylic acids is 1. The second-order valence-electron chi connectivity index (χ2n) is 10.3. The largest absolute Gasteiger partial charge is 0.431 e. The summed E-state index contributed by atoms with van der Waals surface area (Å²) in [6.07, 6.45) is 6.19. The number of hydrogen-bond donors (Lipinski definition) is 0. The standard InChI is InChI=1S/C29H33NO4S/c1-20-11-13-25(14-12-20)35(32,33)30-18-24-17-21(2)27(23-9-5-4-6-10-23)29(15-7-8-16-29)28(26(24)19-30)34-22(3)31/h4-6,9-14,17,24,27H,7-8,15-16,18-19H2,1-3H3/t24-,27+/m1/s1. The van der Waals surface area contributed by atoms with Crippen LogP contribution in [0.15, 0.2) is 82.5 Å². The molecule has 1 spiro atoms. The topological polar surface area (TPSA) is 63.7 Å². The summed E-state index contributed by atoms with van der Waals surface area (Å²) in [5, 5.41) is 0. The molecular formula is C29H33NO4S. The first-order chi connectivity index (χ1) is 16.7. The first-order valence-electron chi connectivity index (χ1n) is 12.4. The van der Waals surface area contributed by atoms with Gasteiger partial charge in [0.1, 0.15) is 5.76 Å². The molecule has 3 aliphatic rings. The Hall–Kier alpha value is -2.70. The van der Waals surface area contributed by atoms with Gasteiger partial charge in [-0.2, -0.15) is 4.31 Å². The van der Waals surface area contributed by atoms with Crippen molar-refractivity contribution < 1.29 is 17.9 Å². The SMILES string of the molecule is CC(=O)OC1=C2CN(S(=O)(=O)c3ccc(C)cc3)C[C@H]2C=C(C)[C@@H](c2ccccc2)C12CCCC2. The molecule has 2 atom stereocenters. The molecule has 1 saturated heterocycles. The summed E-state index contributed by atoms with van der Waals surface area (Å²) in [6.45, 7) is 6.15. The fourth-order valence-corrected chi connectivity index (χ4v) is 7.94. The van der Waals surface area contributed by atoms with Crippen LogP contribution >= 0.6 is 0 Å². The summed E-state index contributed by atoms with van der Waals surface area (Å²) in [5.41, 5.74) is 4.05. The number of allylic oxidation sites excluding steroid dienone is 2. The van der Waals surface area contributed by atoms with Gasteiger partial charge >= 0.3 is 5.97 Å². The third-order valence-corrected chi connectivity index (χ3v) is 9.77. The van der Waals surface area contributed by atoms with Gasteiger partial charge in [-0.25, -0.2) is 8.42 Å². The van der Waals surface area contributed by atoms with Gasteiger partial charge in [-0.3, -0.25) is 4.79 Å². The highest BCUT2D eigenvalue weighted by atomic mass is 32.2. The molecule has 5 nitrogen and oxygen atoms in total. The molecule has 1 saturated carbocycles. The van der Waals surface area contributed by atoms with Crippen LogP contribution in [0.2, 0.25) is 0 Å². The lowest BCUT2D eigenvalue weighted by Gasteiger charge is -2.40. The van der Waals surface area contributed by atoms with Crippen LogP contribution in [-0.4, -0.2) is 31.8 Å². The fourth-order valence-electron chi connectivity index (χ4n) is 6.50. The van der Waals surface area contributed by atoms with E-state index in [1.54, 1.807) is 16.4 Å². The van der Waals surface area contributed by atoms with Gasteiger partial charge in [0.25, 0.3) is 0 Å². The van der Waals surface area contributed by atoms with E-state index in [1.165, 1.54) is 18.1 Å². The Morgan fingerprint density at radius 3 is 2.29 bits per heavy atom. The number of aryl methyl sites for hydroxylation is 1. The highest BCUT2D eigenvalue weighted by Gasteiger charge is 2.52. The fraction of sp³-hybridized carbons (Fsp3) is 0.414. The van der Waals surface area contributed by atoms with E-state index in [-0.39, 0.29) is 29.8 Å². The van der Waals surface area contributed by atoms with E-state index < -0.39 is 10.0 Å². The van der Waals surface area contributed by atoms with Crippen molar-refractivity contribution in [1.29, 1.82) is 0 Å². The lowest BCUT2D eigenvalue weighted by atomic mass is 9.66. The van der Waals surface area contributed by atoms with Gasteiger partial charge in [-0.05, 0) is 50.0 Å². The molecule has 0 N–H and O–H groups in total. The third kappa shape index (κ3) is 4.17. The van der Waals surface area contributed by atoms with Crippen molar-refractivity contribution in [2.75, 3.05) is 13.1 Å². The number of carbonyl (C=O) groups is 1. The van der Waals surface area contributed by atoms with E-state index in [4.69, 9.17) is 4.74 Å². The lowest BCUT2D eigenvalue weighted by molar-refractivity contribution is -0.139. The predicted octanol–water partition coefficient (Wildman–Crippen LogP) is 5.74. The van der Waals surface area contributed by atoms with Gasteiger partial charge in [0.05, 0.1) is 4.90 Å². The molecule has 0 amide bonds. The summed E-state index contributed by atoms with van der Waals surface area (Å²) in [5.74, 6) is 0.358. The molecule has 2 aliphatic carbocycles. The number of ether oxygens (including phenoxy) is 1. The number of hydrogen-bond acceptors (Lipinski definition) is 4. The van der Waals surface area contributed by atoms with Crippen molar-refractivity contribution >= 4 is 16.0 Å². The smallest absolute Gasteiger partial charge is 0.307 e. The van der Waals surface area contributed by atoms with E-state index in [1.807, 2.05) is 25.1 Å². The maximum atomic E-state index is 13.6. The Balaban J connectivity index is 1.64. The van der Waals surface area contributed by atoms with Crippen molar-refractivity contribution in [2.24, 2.45) is 11.3 Å². The molecular weight excluding hydrogens is 458 g/mol. The number of rotatable bonds is 4. The van der Waals surface area contributed by atoms with Crippen molar-refractivity contribution in [3.05, 3.63) is 88.7 Å². The molecule has 1 aliphatic heterocycles. The average Bonchev–Trinajstić information content (AvgIpc) is 3.45. The zero-order valence-electron chi connectivity index (χ0n) is 20.7. The number of esters is 1. The molecule has 184 valence electrons. The van der Waals surface area contributed by atoms with Crippen LogP contribution in [0.5, 0.6) is 0 Å². The van der Waals surface area contributed by atoms with Crippen molar-refractivity contribution in [3.8, 4) is 0 Å². The van der Waals surface area contributed by atoms with Crippen molar-refractivity contribution in [1.82, 2.24) is 4.31 Å². The quantitative estimate of drug-likeness (QED) is 0.404. The number of nitrogens with zero attached hydrogens (tertiary/aromatic N) is 1. The van der Waals surface area contributed by atoms with Gasteiger partial charge in [0, 0.05) is 37.3 Å². The molecule has 6 heteroatoms. The van der Waals surface area contributed by atoms with Gasteiger partial charge in [0.15, 0.2) is 0 Å². The minimum atomic E-state index is -3.67. The highest BCUT2D eigenvalue weighted by molar-refractivity contribution is 7.89. The van der Waals surface area contributed by atoms with Gasteiger partial charge in [0.2, 0.25) is 10.0 Å². The monoisotopic (exact) mass is 491 g/mol. The molecule has 35 heavy (non-hydrogen) atoms. The number of benzene rings is 2. The Morgan fingerprint density at radius 1 is 1.00 bits per heavy atom. The number of fused-ring (bicyclic) bond motifs is 1. The summed E-state index contributed by atoms with van der Waals surface area (Å²) < 4.78 is 34.8. The first-order valence-corrected chi connectivity index (χ1v) is 13.9. The van der Waals surface area contributed by atoms with Gasteiger partial charge in [-0.15, -0.1) is 0 Å². The molecule has 2 aromatic rings. The third-order valence-electron chi connectivity index (χ3n) is 7.94. The average molecular weight is 492 g/mol. The molecule has 0 radical (unpaired) electrons. The zero-order chi connectivity index (χ0) is 24.8. The highest BCUT2D eigenvalue weighted by Crippen LogP contribution is 2.60. The maximum absolute atomic E-state index is 13.6. The second-order valence-corrected chi connectivity index (χ2v) is 12.2. The zero-order valence-corrected chi connectivity index (χ0v) is 21.5. The van der Waals surface area contributed by atoms with E-state index in [2.05, 4.69) is 37.3 Å². The Labute approximate surface area is 208 Å². The van der Waals surface area contributed by atoms with E-state index in [9.17, 15) is 13.2 Å². The van der Waals surface area contributed by atoms with Gasteiger partial charge < -0.3 is 4.74 Å². The Morgan fingerprint density at radius 2 is 1.66 bits per heavy atom. The van der Waals surface area contributed by atoms with Crippen LogP contribution in [-0.2, 0) is 19.6 Å². The Kier molecular flexibility index (Phi) is 6.22. The molecule has 0 aromatic heterocycles. The molecule has 5 rings (SSSR count). The van der Waals surface area contributed by atoms with Crippen LogP contribution in [0.3, 0.4) is 0 Å². The first kappa shape index (κ1) is 24.0. The van der Waals surface area contributed by atoms with E-state index >= 15 is 0 Å². The summed E-state index contributed by atoms with van der Waals surface area (Å²) in [7, 11) is -3.67. The second kappa shape index (κ2) is 9.07. The van der Waals surface area contributed by atoms with Crippen LogP contribution in [0.4, 0.5) is 0 Å². The molecule has 2 fully saturated rings. The maximum Gasteiger partial charge on any atom is 0.307 e. The molecule has 0 bridgehead atoms. The lowest BCUT2D eigenvalue weighted by Crippen LogP contribution is -2.33. The normalized spacial score (nSPS) is 24.3. The van der Waals surface area contributed by atoms with Crippen molar-refractivity contribution in [2.45, 2.75) is 57.3 Å². The van der Waals surface area contributed by atoms with Crippen LogP contribution in [0.1, 0.15) is 56.6 Å². The van der Waals surface area contributed by atoms with Crippen LogP contribution in [0, 0.1) is 18.3 Å². The summed E-state index contributed by atoms with van der Waals surface area (Å²) >= 11 is 0. The minimum Gasteiger partial charge on any atom is -0.431 e. The predicted molar refractivity (Wildman–Crippen MR) is 136 cm³/mol. The molecule has 0 unspecified atom stereocenters. The number of sulfonamides is 1. The van der Waals surface area contributed by atoms with Crippen LogP contribution in [0.25, 0.3) is 0 Å². The Bertz CT molecular complexity index is 1290. The van der Waals surface area contributed by atoms with Gasteiger partial charge in [-0.1, -0.05) is 72.5 Å². The summed E-state index contributed by atoms with van der Waals surface area (Å²) in [6, 6.07) is 17.5. The molecule has 2 aromatic carbocycles. The van der Waals surface area contributed by atoms with Crippen molar-refractivity contribution in [3.63, 3.8) is 0 Å². The van der Waals surface area contributed by atoms with E-state index in [0.29, 0.717) is 11.4 Å². The summed E-state index contributed by atoms with van der Waals surface area (Å²) in [4.78, 5) is 12.7. The van der Waals surface area contributed by atoms with E-state index in [0.717, 1.165) is 42.6 Å². The minimum absolute atomic E-state index is 0.0980. The molecule has 1 heterocycles.